The van der Waals surface area contributed by atoms with Crippen molar-refractivity contribution in [3.63, 3.8) is 0 Å². The van der Waals surface area contributed by atoms with Crippen molar-refractivity contribution in [2.45, 2.75) is 30.9 Å². The highest BCUT2D eigenvalue weighted by Gasteiger charge is 2.59. The molecule has 0 spiro atoms. The molecular formula is C11H2BF15. The van der Waals surface area contributed by atoms with Crippen molar-refractivity contribution in [2.24, 2.45) is 0 Å². The Labute approximate surface area is 139 Å². The van der Waals surface area contributed by atoms with E-state index in [-0.39, 0.29) is 0 Å². The normalized spacial score (nSPS) is 14.6. The van der Waals surface area contributed by atoms with Crippen molar-refractivity contribution in [3.8, 4) is 0 Å². The minimum Gasteiger partial charge on any atom is -0.166 e. The summed E-state index contributed by atoms with van der Waals surface area (Å²) in [6.07, 6.45) is -33.2. The van der Waals surface area contributed by atoms with Gasteiger partial charge >= 0.3 is 30.9 Å². The van der Waals surface area contributed by atoms with Gasteiger partial charge in [0.1, 0.15) is 7.85 Å². The lowest BCUT2D eigenvalue weighted by Gasteiger charge is -2.29. The number of hydrogen-bond acceptors (Lipinski definition) is 0. The molecule has 0 heterocycles. The molecule has 0 nitrogen and oxygen atoms in total. The van der Waals surface area contributed by atoms with E-state index in [0.717, 1.165) is 0 Å². The average molecular weight is 430 g/mol. The molecule has 0 radical (unpaired) electrons. The molecule has 1 aromatic rings. The molecule has 0 aromatic heterocycles. The third-order valence-corrected chi connectivity index (χ3v) is 3.17. The van der Waals surface area contributed by atoms with Gasteiger partial charge in [0.05, 0.1) is 27.8 Å². The monoisotopic (exact) mass is 430 g/mol. The fourth-order valence-corrected chi connectivity index (χ4v) is 2.43. The summed E-state index contributed by atoms with van der Waals surface area (Å²) in [6.45, 7) is 0. The van der Waals surface area contributed by atoms with Crippen LogP contribution in [0.25, 0.3) is 0 Å². The number of alkyl halides is 15. The van der Waals surface area contributed by atoms with Crippen LogP contribution in [0, 0.1) is 0 Å². The van der Waals surface area contributed by atoms with Gasteiger partial charge in [-0.05, 0) is 0 Å². The summed E-state index contributed by atoms with van der Waals surface area (Å²) in [5.74, 6) is 0. The van der Waals surface area contributed by atoms with Gasteiger partial charge in [0.15, 0.2) is 0 Å². The average Bonchev–Trinajstić information content (AvgIpc) is 2.29. The minimum absolute atomic E-state index is 0.420. The Balaban J connectivity index is 4.58. The van der Waals surface area contributed by atoms with E-state index >= 15 is 0 Å². The highest BCUT2D eigenvalue weighted by Crippen LogP contribution is 2.53. The summed E-state index contributed by atoms with van der Waals surface area (Å²) in [5, 5.41) is 0. The van der Waals surface area contributed by atoms with Gasteiger partial charge < -0.3 is 0 Å². The standard InChI is InChI=1S/C11H2BF15/c12-6-4(10(22,23)24)2(8(16,17)18)1(7(13,14)15)3(9(19,20)21)5(6)11(25,26)27/h12H2. The number of rotatable bonds is 0. The first-order valence-electron chi connectivity index (χ1n) is 6.08. The van der Waals surface area contributed by atoms with Crippen LogP contribution >= 0.6 is 0 Å². The molecule has 0 bridgehead atoms. The minimum atomic E-state index is -6.84. The van der Waals surface area contributed by atoms with Crippen LogP contribution in [0.4, 0.5) is 65.9 Å². The Morgan fingerprint density at radius 3 is 0.630 bits per heavy atom. The van der Waals surface area contributed by atoms with Gasteiger partial charge in [-0.1, -0.05) is 5.46 Å². The van der Waals surface area contributed by atoms with Crippen molar-refractivity contribution in [1.29, 1.82) is 0 Å². The molecule has 0 amide bonds. The predicted octanol–water partition coefficient (Wildman–Crippen LogP) is 5.04. The first-order chi connectivity index (χ1) is 11.5. The quantitative estimate of drug-likeness (QED) is 0.400. The number of benzene rings is 1. The molecular weight excluding hydrogens is 428 g/mol. The van der Waals surface area contributed by atoms with E-state index in [0.29, 0.717) is 0 Å². The second-order valence-corrected chi connectivity index (χ2v) is 4.99. The molecule has 27 heavy (non-hydrogen) atoms. The summed E-state index contributed by atoms with van der Waals surface area (Å²) < 4.78 is 193. The van der Waals surface area contributed by atoms with Gasteiger partial charge in [-0.15, -0.1) is 0 Å². The van der Waals surface area contributed by atoms with Crippen molar-refractivity contribution >= 4 is 13.3 Å². The van der Waals surface area contributed by atoms with Crippen molar-refractivity contribution in [2.75, 3.05) is 0 Å². The highest BCUT2D eigenvalue weighted by atomic mass is 19.4. The Morgan fingerprint density at radius 2 is 0.481 bits per heavy atom. The maximum absolute atomic E-state index is 12.9. The molecule has 0 unspecified atom stereocenters. The fraction of sp³-hybridized carbons (Fsp3) is 0.455. The molecule has 16 heteroatoms. The van der Waals surface area contributed by atoms with E-state index in [1.807, 2.05) is 0 Å². The summed E-state index contributed by atoms with van der Waals surface area (Å²) in [4.78, 5) is 0. The van der Waals surface area contributed by atoms with Gasteiger partial charge in [0.2, 0.25) is 0 Å². The third-order valence-electron chi connectivity index (χ3n) is 3.17. The van der Waals surface area contributed by atoms with Gasteiger partial charge in [-0.2, -0.15) is 65.9 Å². The zero-order valence-electron chi connectivity index (χ0n) is 12.2. The molecule has 154 valence electrons. The van der Waals surface area contributed by atoms with E-state index in [4.69, 9.17) is 0 Å². The van der Waals surface area contributed by atoms with Gasteiger partial charge in [0, 0.05) is 0 Å². The molecule has 1 rings (SSSR count). The maximum atomic E-state index is 12.9. The van der Waals surface area contributed by atoms with E-state index < -0.39 is 72.0 Å². The molecule has 0 atom stereocenters. The molecule has 0 aliphatic heterocycles. The smallest absolute Gasteiger partial charge is 0.166 e. The Morgan fingerprint density at radius 1 is 0.333 bits per heavy atom. The lowest BCUT2D eigenvalue weighted by Crippen LogP contribution is -2.39. The highest BCUT2D eigenvalue weighted by molar-refractivity contribution is 6.35. The molecule has 0 saturated carbocycles. The van der Waals surface area contributed by atoms with E-state index in [1.54, 1.807) is 0 Å². The summed E-state index contributed by atoms with van der Waals surface area (Å²) >= 11 is 0. The summed E-state index contributed by atoms with van der Waals surface area (Å²) in [6, 6.07) is 0. The molecule has 0 saturated heterocycles. The molecule has 0 N–H and O–H groups in total. The van der Waals surface area contributed by atoms with Crippen molar-refractivity contribution < 1.29 is 65.9 Å². The molecule has 0 aliphatic carbocycles. The van der Waals surface area contributed by atoms with Crippen LogP contribution in [0.1, 0.15) is 27.8 Å². The van der Waals surface area contributed by atoms with Gasteiger partial charge in [-0.25, -0.2) is 0 Å². The fourth-order valence-electron chi connectivity index (χ4n) is 2.43. The van der Waals surface area contributed by atoms with Crippen molar-refractivity contribution in [1.82, 2.24) is 0 Å². The Kier molecular flexibility index (Phi) is 5.28. The summed E-state index contributed by atoms with van der Waals surface area (Å²) in [5.41, 5.74) is -21.6. The van der Waals surface area contributed by atoms with Crippen LogP contribution in [0.5, 0.6) is 0 Å². The molecule has 0 fully saturated rings. The van der Waals surface area contributed by atoms with Gasteiger partial charge in [-0.3, -0.25) is 0 Å². The van der Waals surface area contributed by atoms with Gasteiger partial charge in [0.25, 0.3) is 0 Å². The first kappa shape index (κ1) is 23.3. The maximum Gasteiger partial charge on any atom is 0.417 e. The number of hydrogen-bond donors (Lipinski definition) is 0. The second kappa shape index (κ2) is 6.12. The van der Waals surface area contributed by atoms with Crippen LogP contribution in [0.3, 0.4) is 0 Å². The van der Waals surface area contributed by atoms with Crippen LogP contribution in [-0.2, 0) is 30.9 Å². The lowest BCUT2D eigenvalue weighted by molar-refractivity contribution is -0.188. The summed E-state index contributed by atoms with van der Waals surface area (Å²) in [7, 11) is -0.420. The van der Waals surface area contributed by atoms with E-state index in [9.17, 15) is 65.9 Å². The Hall–Kier alpha value is -1.77. The molecule has 1 aromatic carbocycles. The Bertz CT molecular complexity index is 672. The molecule has 0 aliphatic rings. The van der Waals surface area contributed by atoms with E-state index in [2.05, 4.69) is 0 Å². The zero-order chi connectivity index (χ0) is 22.0. The van der Waals surface area contributed by atoms with Crippen LogP contribution in [0.2, 0.25) is 0 Å². The largest absolute Gasteiger partial charge is 0.417 e. The lowest BCUT2D eigenvalue weighted by atomic mass is 9.76. The van der Waals surface area contributed by atoms with Crippen LogP contribution in [-0.4, -0.2) is 7.85 Å². The second-order valence-electron chi connectivity index (χ2n) is 4.99. The number of halogens is 15. The van der Waals surface area contributed by atoms with Crippen LogP contribution in [0.15, 0.2) is 0 Å². The SMILES string of the molecule is Bc1c(C(F)(F)F)c(C(F)(F)F)c(C(F)(F)F)c(C(F)(F)F)c1C(F)(F)F. The zero-order valence-corrected chi connectivity index (χ0v) is 12.2. The predicted molar refractivity (Wildman–Crippen MR) is 59.6 cm³/mol. The third kappa shape index (κ3) is 4.39. The topological polar surface area (TPSA) is 0 Å². The van der Waals surface area contributed by atoms with Crippen molar-refractivity contribution in [3.05, 3.63) is 27.8 Å². The van der Waals surface area contributed by atoms with E-state index in [1.165, 1.54) is 0 Å². The first-order valence-corrected chi connectivity index (χ1v) is 6.08. The van der Waals surface area contributed by atoms with Crippen LogP contribution < -0.4 is 5.46 Å².